The lowest BCUT2D eigenvalue weighted by molar-refractivity contribution is -0.123. The van der Waals surface area contributed by atoms with E-state index in [0.717, 1.165) is 39.4 Å². The fraction of sp³-hybridized carbons (Fsp3) is 0.143. The Kier molecular flexibility index (Phi) is 7.10. The molecule has 3 aromatic carbocycles. The van der Waals surface area contributed by atoms with Gasteiger partial charge in [-0.1, -0.05) is 59.6 Å². The predicted molar refractivity (Wildman–Crippen MR) is 147 cm³/mol. The van der Waals surface area contributed by atoms with Gasteiger partial charge >= 0.3 is 0 Å². The maximum absolute atomic E-state index is 13.1. The number of imide groups is 1. The highest BCUT2D eigenvalue weighted by Gasteiger charge is 2.35. The standard InChI is InChI=1S/C28H22Cl2N2O3S/c1-18-5-4-6-22(13-18)35-12-11-32-27(33)26(36-28(32)34)14-20-17-31(25-8-3-2-7-23(20)25)16-19-9-10-21(29)15-24(19)30/h2-10,13-15,17H,11-12,16H2,1H3/b26-14-. The van der Waals surface area contributed by atoms with Crippen molar-refractivity contribution in [3.63, 3.8) is 0 Å². The van der Waals surface area contributed by atoms with E-state index in [1.54, 1.807) is 12.1 Å². The molecule has 36 heavy (non-hydrogen) atoms. The number of carbonyl (C=O) groups excluding carboxylic acids is 2. The molecule has 1 saturated heterocycles. The van der Waals surface area contributed by atoms with Crippen LogP contribution in [-0.4, -0.2) is 33.8 Å². The molecule has 5 nitrogen and oxygen atoms in total. The van der Waals surface area contributed by atoms with Gasteiger partial charge in [-0.15, -0.1) is 0 Å². The maximum Gasteiger partial charge on any atom is 0.293 e. The number of hydrogen-bond donors (Lipinski definition) is 0. The van der Waals surface area contributed by atoms with Crippen molar-refractivity contribution in [2.24, 2.45) is 0 Å². The number of para-hydroxylation sites is 1. The maximum atomic E-state index is 13.1. The van der Waals surface area contributed by atoms with Crippen LogP contribution in [0, 0.1) is 6.92 Å². The van der Waals surface area contributed by atoms with E-state index in [2.05, 4.69) is 4.57 Å². The van der Waals surface area contributed by atoms with Crippen LogP contribution < -0.4 is 4.74 Å². The highest BCUT2D eigenvalue weighted by atomic mass is 35.5. The third kappa shape index (κ3) is 5.16. The van der Waals surface area contributed by atoms with Gasteiger partial charge in [0.2, 0.25) is 0 Å². The molecule has 2 heterocycles. The quantitative estimate of drug-likeness (QED) is 0.230. The average molecular weight is 537 g/mol. The van der Waals surface area contributed by atoms with Crippen LogP contribution in [0.4, 0.5) is 4.79 Å². The van der Waals surface area contributed by atoms with Crippen LogP contribution in [0.25, 0.3) is 17.0 Å². The highest BCUT2D eigenvalue weighted by molar-refractivity contribution is 8.18. The Balaban J connectivity index is 1.36. The summed E-state index contributed by atoms with van der Waals surface area (Å²) in [4.78, 5) is 27.3. The Morgan fingerprint density at radius 2 is 1.83 bits per heavy atom. The molecule has 0 spiro atoms. The molecule has 8 heteroatoms. The fourth-order valence-electron chi connectivity index (χ4n) is 4.15. The summed E-state index contributed by atoms with van der Waals surface area (Å²) in [7, 11) is 0. The minimum atomic E-state index is -0.310. The van der Waals surface area contributed by atoms with Crippen LogP contribution in [-0.2, 0) is 11.3 Å². The minimum Gasteiger partial charge on any atom is -0.492 e. The van der Waals surface area contributed by atoms with Crippen molar-refractivity contribution in [2.75, 3.05) is 13.2 Å². The van der Waals surface area contributed by atoms with E-state index in [1.807, 2.05) is 73.8 Å². The molecule has 0 saturated carbocycles. The molecular weight excluding hydrogens is 515 g/mol. The molecule has 4 aromatic rings. The smallest absolute Gasteiger partial charge is 0.293 e. The first-order valence-corrected chi connectivity index (χ1v) is 12.9. The Hall–Kier alpha value is -3.19. The summed E-state index contributed by atoms with van der Waals surface area (Å²) in [6.07, 6.45) is 3.76. The number of aromatic nitrogens is 1. The summed E-state index contributed by atoms with van der Waals surface area (Å²) in [6, 6.07) is 21.0. The van der Waals surface area contributed by atoms with Crippen LogP contribution in [0.5, 0.6) is 5.75 Å². The predicted octanol–water partition coefficient (Wildman–Crippen LogP) is 7.42. The summed E-state index contributed by atoms with van der Waals surface area (Å²) in [5.74, 6) is 0.404. The monoisotopic (exact) mass is 536 g/mol. The summed E-state index contributed by atoms with van der Waals surface area (Å²) < 4.78 is 7.82. The number of carbonyl (C=O) groups is 2. The third-order valence-corrected chi connectivity index (χ3v) is 7.40. The van der Waals surface area contributed by atoms with Gasteiger partial charge in [0.1, 0.15) is 12.4 Å². The lowest BCUT2D eigenvalue weighted by Gasteiger charge is -2.13. The van der Waals surface area contributed by atoms with Gasteiger partial charge in [0, 0.05) is 39.3 Å². The first kappa shape index (κ1) is 24.5. The van der Waals surface area contributed by atoms with Crippen molar-refractivity contribution in [2.45, 2.75) is 13.5 Å². The van der Waals surface area contributed by atoms with Gasteiger partial charge < -0.3 is 9.30 Å². The van der Waals surface area contributed by atoms with Gasteiger partial charge in [-0.3, -0.25) is 14.5 Å². The summed E-state index contributed by atoms with van der Waals surface area (Å²) >= 11 is 13.4. The lowest BCUT2D eigenvalue weighted by Crippen LogP contribution is -2.32. The first-order chi connectivity index (χ1) is 17.4. The van der Waals surface area contributed by atoms with Crippen LogP contribution in [0.15, 0.2) is 77.8 Å². The Morgan fingerprint density at radius 1 is 1.00 bits per heavy atom. The molecule has 1 aliphatic heterocycles. The highest BCUT2D eigenvalue weighted by Crippen LogP contribution is 2.34. The molecule has 1 fully saturated rings. The van der Waals surface area contributed by atoms with Crippen LogP contribution in [0.2, 0.25) is 10.0 Å². The van der Waals surface area contributed by atoms with Gasteiger partial charge in [0.15, 0.2) is 0 Å². The van der Waals surface area contributed by atoms with Crippen molar-refractivity contribution in [1.82, 2.24) is 9.47 Å². The van der Waals surface area contributed by atoms with E-state index in [4.69, 9.17) is 27.9 Å². The molecule has 1 aromatic heterocycles. The molecule has 0 unspecified atom stereocenters. The number of fused-ring (bicyclic) bond motifs is 1. The van der Waals surface area contributed by atoms with E-state index in [-0.39, 0.29) is 24.3 Å². The molecule has 5 rings (SSSR count). The van der Waals surface area contributed by atoms with E-state index < -0.39 is 0 Å². The summed E-state index contributed by atoms with van der Waals surface area (Å²) in [6.45, 7) is 2.94. The summed E-state index contributed by atoms with van der Waals surface area (Å²) in [5.41, 5.74) is 3.87. The van der Waals surface area contributed by atoms with Crippen molar-refractivity contribution >= 4 is 63.1 Å². The van der Waals surface area contributed by atoms with E-state index >= 15 is 0 Å². The fourth-order valence-corrected chi connectivity index (χ4v) is 5.47. The van der Waals surface area contributed by atoms with Crippen LogP contribution >= 0.6 is 35.0 Å². The third-order valence-electron chi connectivity index (χ3n) is 5.91. The summed E-state index contributed by atoms with van der Waals surface area (Å²) in [5, 5.41) is 1.87. The second-order valence-electron chi connectivity index (χ2n) is 8.46. The average Bonchev–Trinajstić information content (AvgIpc) is 3.33. The number of rotatable bonds is 7. The number of nitrogens with zero attached hydrogens (tertiary/aromatic N) is 2. The number of thioether (sulfide) groups is 1. The zero-order chi connectivity index (χ0) is 25.2. The van der Waals surface area contributed by atoms with Gasteiger partial charge in [-0.2, -0.15) is 0 Å². The lowest BCUT2D eigenvalue weighted by atomic mass is 10.1. The van der Waals surface area contributed by atoms with E-state index in [1.165, 1.54) is 4.90 Å². The molecule has 0 bridgehead atoms. The minimum absolute atomic E-state index is 0.187. The van der Waals surface area contributed by atoms with Crippen molar-refractivity contribution in [3.05, 3.63) is 105 Å². The molecule has 182 valence electrons. The zero-order valence-corrected chi connectivity index (χ0v) is 21.7. The van der Waals surface area contributed by atoms with Gasteiger partial charge in [0.25, 0.3) is 11.1 Å². The molecule has 2 amide bonds. The zero-order valence-electron chi connectivity index (χ0n) is 19.4. The normalized spacial score (nSPS) is 14.9. The van der Waals surface area contributed by atoms with Gasteiger partial charge in [-0.05, 0) is 66.2 Å². The SMILES string of the molecule is Cc1cccc(OCCN2C(=O)S/C(=C\c3cn(Cc4ccc(Cl)cc4Cl)c4ccccc34)C2=O)c1. The number of aryl methyl sites for hydroxylation is 1. The molecule has 1 aliphatic rings. The van der Waals surface area contributed by atoms with Crippen molar-refractivity contribution < 1.29 is 14.3 Å². The first-order valence-electron chi connectivity index (χ1n) is 11.4. The van der Waals surface area contributed by atoms with Crippen LogP contribution in [0.3, 0.4) is 0 Å². The van der Waals surface area contributed by atoms with Crippen molar-refractivity contribution in [3.8, 4) is 5.75 Å². The Bertz CT molecular complexity index is 1510. The number of benzene rings is 3. The topological polar surface area (TPSA) is 51.5 Å². The molecule has 0 atom stereocenters. The van der Waals surface area contributed by atoms with E-state index in [9.17, 15) is 9.59 Å². The van der Waals surface area contributed by atoms with Crippen molar-refractivity contribution in [1.29, 1.82) is 0 Å². The van der Waals surface area contributed by atoms with Crippen LogP contribution in [0.1, 0.15) is 16.7 Å². The number of ether oxygens (including phenoxy) is 1. The van der Waals surface area contributed by atoms with Gasteiger partial charge in [-0.25, -0.2) is 0 Å². The molecular formula is C28H22Cl2N2O3S. The molecule has 0 N–H and O–H groups in total. The second kappa shape index (κ2) is 10.4. The Morgan fingerprint density at radius 3 is 2.64 bits per heavy atom. The molecule has 0 radical (unpaired) electrons. The Labute approximate surface area is 223 Å². The largest absolute Gasteiger partial charge is 0.492 e. The number of hydrogen-bond acceptors (Lipinski definition) is 4. The molecule has 0 aliphatic carbocycles. The van der Waals surface area contributed by atoms with E-state index in [0.29, 0.717) is 27.2 Å². The van der Waals surface area contributed by atoms with Gasteiger partial charge in [0.05, 0.1) is 11.4 Å². The second-order valence-corrected chi connectivity index (χ2v) is 10.3. The number of amides is 2. The number of halogens is 2.